The minimum atomic E-state index is -0.905. The van der Waals surface area contributed by atoms with Gasteiger partial charge in [-0.3, -0.25) is 4.79 Å². The number of aromatic nitrogens is 2. The molecule has 2 rings (SSSR count). The normalized spacial score (nSPS) is 10.2. The van der Waals surface area contributed by atoms with Crippen LogP contribution in [-0.2, 0) is 4.74 Å². The molecular formula is C13H12N2O4. The van der Waals surface area contributed by atoms with Crippen molar-refractivity contribution in [3.63, 3.8) is 0 Å². The van der Waals surface area contributed by atoms with Gasteiger partial charge < -0.3 is 9.94 Å². The fraction of sp³-hybridized carbons (Fsp3) is 0.154. The molecule has 0 aliphatic carbocycles. The first-order chi connectivity index (χ1) is 9.13. The molecule has 6 nitrogen and oxygen atoms in total. The lowest BCUT2D eigenvalue weighted by atomic mass is 10.1. The van der Waals surface area contributed by atoms with E-state index >= 15 is 0 Å². The molecule has 19 heavy (non-hydrogen) atoms. The summed E-state index contributed by atoms with van der Waals surface area (Å²) in [7, 11) is 0. The molecule has 2 aromatic rings. The monoisotopic (exact) mass is 260 g/mol. The molecule has 6 heteroatoms. The molecule has 1 aromatic heterocycles. The van der Waals surface area contributed by atoms with Gasteiger partial charge in [-0.15, -0.1) is 5.10 Å². The Bertz CT molecular complexity index is 649. The van der Waals surface area contributed by atoms with Crippen LogP contribution in [0.3, 0.4) is 0 Å². The smallest absolute Gasteiger partial charge is 0.344 e. The molecule has 1 heterocycles. The topological polar surface area (TPSA) is 81.4 Å². The zero-order chi connectivity index (χ0) is 13.8. The van der Waals surface area contributed by atoms with Crippen LogP contribution in [0.1, 0.15) is 17.3 Å². The van der Waals surface area contributed by atoms with Crippen molar-refractivity contribution in [1.29, 1.82) is 0 Å². The average Bonchev–Trinajstić information content (AvgIpc) is 2.43. The van der Waals surface area contributed by atoms with Gasteiger partial charge in [-0.25, -0.2) is 4.79 Å². The van der Waals surface area contributed by atoms with Crippen molar-refractivity contribution in [3.8, 4) is 11.3 Å². The van der Waals surface area contributed by atoms with Gasteiger partial charge in [0.05, 0.1) is 12.3 Å². The molecule has 1 aromatic carbocycles. The molecular weight excluding hydrogens is 248 g/mol. The summed E-state index contributed by atoms with van der Waals surface area (Å²) in [6.45, 7) is 1.78. The summed E-state index contributed by atoms with van der Waals surface area (Å²) in [5.41, 5.74) is -0.169. The number of esters is 1. The number of ether oxygens (including phenoxy) is 1. The highest BCUT2D eigenvalue weighted by Crippen LogP contribution is 2.15. The van der Waals surface area contributed by atoms with Crippen LogP contribution in [0.25, 0.3) is 11.3 Å². The second-order valence-corrected chi connectivity index (χ2v) is 3.72. The van der Waals surface area contributed by atoms with Crippen LogP contribution in [0.4, 0.5) is 0 Å². The maximum Gasteiger partial charge on any atom is 0.344 e. The highest BCUT2D eigenvalue weighted by molar-refractivity contribution is 5.90. The summed E-state index contributed by atoms with van der Waals surface area (Å²) in [6.07, 6.45) is 0. The quantitative estimate of drug-likeness (QED) is 0.665. The highest BCUT2D eigenvalue weighted by atomic mass is 16.5. The SMILES string of the molecule is CCOC(=O)c1cc(-c2ccccc2)nn(O)c1=O. The number of carbonyl (C=O) groups excluding carboxylic acids is 1. The van der Waals surface area contributed by atoms with Crippen molar-refractivity contribution in [2.24, 2.45) is 0 Å². The van der Waals surface area contributed by atoms with Crippen LogP contribution in [0, 0.1) is 0 Å². The van der Waals surface area contributed by atoms with Crippen molar-refractivity contribution < 1.29 is 14.7 Å². The molecule has 0 amide bonds. The molecule has 0 fully saturated rings. The number of rotatable bonds is 3. The van der Waals surface area contributed by atoms with E-state index in [0.717, 1.165) is 0 Å². The number of carbonyl (C=O) groups is 1. The number of hydrogen-bond acceptors (Lipinski definition) is 5. The van der Waals surface area contributed by atoms with E-state index in [1.807, 2.05) is 6.07 Å². The summed E-state index contributed by atoms with van der Waals surface area (Å²) in [5, 5.41) is 13.1. The first-order valence-corrected chi connectivity index (χ1v) is 5.69. The fourth-order valence-corrected chi connectivity index (χ4v) is 1.59. The molecule has 0 spiro atoms. The van der Waals surface area contributed by atoms with E-state index in [0.29, 0.717) is 11.3 Å². The minimum Gasteiger partial charge on any atom is -0.462 e. The van der Waals surface area contributed by atoms with E-state index < -0.39 is 11.5 Å². The molecule has 0 saturated heterocycles. The lowest BCUT2D eigenvalue weighted by Crippen LogP contribution is -2.28. The Morgan fingerprint density at radius 1 is 1.37 bits per heavy atom. The van der Waals surface area contributed by atoms with Crippen molar-refractivity contribution >= 4 is 5.97 Å². The van der Waals surface area contributed by atoms with Crippen LogP contribution in [0.15, 0.2) is 41.2 Å². The van der Waals surface area contributed by atoms with Gasteiger partial charge in [0.1, 0.15) is 5.56 Å². The molecule has 98 valence electrons. The minimum absolute atomic E-state index is 0.146. The van der Waals surface area contributed by atoms with Gasteiger partial charge in [0.25, 0.3) is 0 Å². The Hall–Kier alpha value is -2.63. The van der Waals surface area contributed by atoms with Crippen molar-refractivity contribution in [1.82, 2.24) is 9.94 Å². The second kappa shape index (κ2) is 5.34. The zero-order valence-electron chi connectivity index (χ0n) is 10.2. The van der Waals surface area contributed by atoms with Crippen molar-refractivity contribution in [2.45, 2.75) is 6.92 Å². The second-order valence-electron chi connectivity index (χ2n) is 3.72. The van der Waals surface area contributed by atoms with E-state index in [1.165, 1.54) is 6.07 Å². The van der Waals surface area contributed by atoms with Gasteiger partial charge in [-0.1, -0.05) is 35.2 Å². The summed E-state index contributed by atoms with van der Waals surface area (Å²) in [6, 6.07) is 10.2. The van der Waals surface area contributed by atoms with Crippen LogP contribution in [-0.4, -0.2) is 27.7 Å². The lowest BCUT2D eigenvalue weighted by Gasteiger charge is -2.05. The summed E-state index contributed by atoms with van der Waals surface area (Å²) in [5.74, 6) is -0.783. The lowest BCUT2D eigenvalue weighted by molar-refractivity contribution is 0.0513. The van der Waals surface area contributed by atoms with Gasteiger partial charge >= 0.3 is 11.5 Å². The standard InChI is InChI=1S/C13H12N2O4/c1-2-19-13(17)10-8-11(14-15(18)12(10)16)9-6-4-3-5-7-9/h3-8,18H,2H2,1H3. The molecule has 0 saturated carbocycles. The number of nitrogens with zero attached hydrogens (tertiary/aromatic N) is 2. The maximum atomic E-state index is 11.6. The summed E-state index contributed by atoms with van der Waals surface area (Å²) in [4.78, 5) is 23.4. The molecule has 0 atom stereocenters. The predicted molar refractivity (Wildman–Crippen MR) is 67.1 cm³/mol. The third kappa shape index (κ3) is 2.62. The van der Waals surface area contributed by atoms with E-state index in [9.17, 15) is 14.8 Å². The molecule has 0 radical (unpaired) electrons. The Kier molecular flexibility index (Phi) is 3.61. The first-order valence-electron chi connectivity index (χ1n) is 5.69. The van der Waals surface area contributed by atoms with E-state index in [1.54, 1.807) is 31.2 Å². The van der Waals surface area contributed by atoms with Gasteiger partial charge in [0, 0.05) is 5.56 Å². The maximum absolute atomic E-state index is 11.6. The highest BCUT2D eigenvalue weighted by Gasteiger charge is 2.17. The molecule has 0 aliphatic rings. The van der Waals surface area contributed by atoms with Crippen molar-refractivity contribution in [3.05, 3.63) is 52.3 Å². The van der Waals surface area contributed by atoms with Crippen LogP contribution < -0.4 is 5.56 Å². The Morgan fingerprint density at radius 3 is 2.68 bits per heavy atom. The molecule has 0 aliphatic heterocycles. The first kappa shape index (κ1) is 12.8. The van der Waals surface area contributed by atoms with E-state index in [2.05, 4.69) is 5.10 Å². The predicted octanol–water partition coefficient (Wildman–Crippen LogP) is 1.32. The fourth-order valence-electron chi connectivity index (χ4n) is 1.59. The van der Waals surface area contributed by atoms with E-state index in [4.69, 9.17) is 4.74 Å². The summed E-state index contributed by atoms with van der Waals surface area (Å²) >= 11 is 0. The molecule has 0 bridgehead atoms. The van der Waals surface area contributed by atoms with Gasteiger partial charge in [0.15, 0.2) is 0 Å². The Balaban J connectivity index is 2.54. The Labute approximate surface area is 108 Å². The van der Waals surface area contributed by atoms with Gasteiger partial charge in [-0.2, -0.15) is 0 Å². The Morgan fingerprint density at radius 2 is 2.05 bits per heavy atom. The molecule has 0 unspecified atom stereocenters. The average molecular weight is 260 g/mol. The van der Waals surface area contributed by atoms with Crippen LogP contribution in [0.2, 0.25) is 0 Å². The van der Waals surface area contributed by atoms with Crippen molar-refractivity contribution in [2.75, 3.05) is 6.61 Å². The number of benzene rings is 1. The number of hydrogen-bond donors (Lipinski definition) is 1. The largest absolute Gasteiger partial charge is 0.462 e. The van der Waals surface area contributed by atoms with Gasteiger partial charge in [-0.05, 0) is 13.0 Å². The molecule has 1 N–H and O–H groups in total. The van der Waals surface area contributed by atoms with Crippen LogP contribution in [0.5, 0.6) is 0 Å². The third-order valence-electron chi connectivity index (χ3n) is 2.46. The van der Waals surface area contributed by atoms with Crippen LogP contribution >= 0.6 is 0 Å². The summed E-state index contributed by atoms with van der Waals surface area (Å²) < 4.78 is 4.76. The zero-order valence-corrected chi connectivity index (χ0v) is 10.2. The third-order valence-corrected chi connectivity index (χ3v) is 2.46. The van der Waals surface area contributed by atoms with Gasteiger partial charge in [0.2, 0.25) is 0 Å². The van der Waals surface area contributed by atoms with E-state index in [-0.39, 0.29) is 17.0 Å².